The molecule has 3 rings (SSSR count). The molecule has 0 aromatic carbocycles. The lowest BCUT2D eigenvalue weighted by atomic mass is 10.4. The van der Waals surface area contributed by atoms with Crippen molar-refractivity contribution in [3.8, 4) is 0 Å². The highest BCUT2D eigenvalue weighted by Crippen LogP contribution is 2.18. The lowest BCUT2D eigenvalue weighted by molar-refractivity contribution is 0.848. The predicted octanol–water partition coefficient (Wildman–Crippen LogP) is 1.67. The Morgan fingerprint density at radius 3 is 3.00 bits per heavy atom. The van der Waals surface area contributed by atoms with Crippen molar-refractivity contribution in [1.29, 1.82) is 0 Å². The summed E-state index contributed by atoms with van der Waals surface area (Å²) in [5, 5.41) is 3.83. The van der Waals surface area contributed by atoms with Crippen LogP contribution < -0.4 is 5.56 Å². The summed E-state index contributed by atoms with van der Waals surface area (Å²) in [5.41, 5.74) is 0.568. The molecule has 0 radical (unpaired) electrons. The van der Waals surface area contributed by atoms with Gasteiger partial charge in [-0.25, -0.2) is 9.97 Å². The predicted molar refractivity (Wildman–Crippen MR) is 76.8 cm³/mol. The summed E-state index contributed by atoms with van der Waals surface area (Å²) in [5.74, 6) is 1.77. The molecule has 20 heavy (non-hydrogen) atoms. The maximum absolute atomic E-state index is 12.0. The van der Waals surface area contributed by atoms with Gasteiger partial charge in [-0.15, -0.1) is 11.8 Å². The van der Waals surface area contributed by atoms with Gasteiger partial charge in [0.05, 0.1) is 10.7 Å². The average Bonchev–Trinajstić information content (AvgIpc) is 2.90. The van der Waals surface area contributed by atoms with E-state index in [9.17, 15) is 4.79 Å². The third-order valence-corrected chi connectivity index (χ3v) is 3.75. The summed E-state index contributed by atoms with van der Waals surface area (Å²) in [6.45, 7) is 1.97. The molecule has 0 saturated heterocycles. The number of hydrogen-bond donors (Lipinski definition) is 1. The average molecular weight is 287 g/mol. The molecule has 3 aromatic rings. The van der Waals surface area contributed by atoms with E-state index in [2.05, 4.69) is 20.1 Å². The molecule has 0 amide bonds. The van der Waals surface area contributed by atoms with Crippen molar-refractivity contribution >= 4 is 17.5 Å². The van der Waals surface area contributed by atoms with E-state index in [1.807, 2.05) is 25.1 Å². The van der Waals surface area contributed by atoms with Crippen LogP contribution in [0, 0.1) is 0 Å². The van der Waals surface area contributed by atoms with E-state index in [-0.39, 0.29) is 5.56 Å². The number of nitrogens with zero attached hydrogens (tertiary/aromatic N) is 4. The Labute approximate surface area is 119 Å². The topological polar surface area (TPSA) is 75.9 Å². The Hall–Kier alpha value is -2.15. The van der Waals surface area contributed by atoms with Gasteiger partial charge in [-0.2, -0.15) is 9.50 Å². The largest absolute Gasteiger partial charge is 0.275 e. The third-order valence-electron chi connectivity index (χ3n) is 2.77. The van der Waals surface area contributed by atoms with Crippen LogP contribution in [-0.2, 0) is 12.2 Å². The van der Waals surface area contributed by atoms with Gasteiger partial charge in [0.2, 0.25) is 0 Å². The first-order valence-electron chi connectivity index (χ1n) is 6.27. The van der Waals surface area contributed by atoms with Gasteiger partial charge < -0.3 is 0 Å². The highest BCUT2D eigenvalue weighted by molar-refractivity contribution is 7.98. The van der Waals surface area contributed by atoms with E-state index >= 15 is 0 Å². The number of aromatic nitrogens is 5. The number of aryl methyl sites for hydroxylation is 1. The highest BCUT2D eigenvalue weighted by atomic mass is 32.2. The molecule has 102 valence electrons. The third kappa shape index (κ3) is 2.57. The van der Waals surface area contributed by atoms with Crippen molar-refractivity contribution in [3.63, 3.8) is 0 Å². The Morgan fingerprint density at radius 2 is 2.25 bits per heavy atom. The molecule has 0 atom stereocenters. The standard InChI is InChI=1S/C13H13N5OS/c1-2-10-16-13-15-9(7-12(19)18(13)17-10)8-20-11-5-3-4-6-14-11/h3-7H,2,8H2,1H3,(H,15,16,17). The monoisotopic (exact) mass is 287 g/mol. The number of hydrogen-bond acceptors (Lipinski definition) is 5. The van der Waals surface area contributed by atoms with Crippen LogP contribution in [0.2, 0.25) is 0 Å². The molecule has 0 aliphatic heterocycles. The summed E-state index contributed by atoms with van der Waals surface area (Å²) < 4.78 is 1.37. The van der Waals surface area contributed by atoms with Crippen LogP contribution in [0.1, 0.15) is 18.4 Å². The number of pyridine rings is 1. The van der Waals surface area contributed by atoms with Gasteiger partial charge >= 0.3 is 0 Å². The molecular weight excluding hydrogens is 274 g/mol. The van der Waals surface area contributed by atoms with Crippen molar-refractivity contribution in [2.45, 2.75) is 24.1 Å². The van der Waals surface area contributed by atoms with E-state index in [1.165, 1.54) is 10.6 Å². The molecule has 6 nitrogen and oxygen atoms in total. The molecule has 1 N–H and O–H groups in total. The zero-order valence-corrected chi connectivity index (χ0v) is 11.7. The van der Waals surface area contributed by atoms with Crippen molar-refractivity contribution < 1.29 is 0 Å². The molecule has 0 aliphatic rings. The maximum atomic E-state index is 12.0. The molecule has 0 aliphatic carbocycles. The number of thioether (sulfide) groups is 1. The zero-order chi connectivity index (χ0) is 13.9. The molecule has 7 heteroatoms. The van der Waals surface area contributed by atoms with Crippen molar-refractivity contribution in [3.05, 3.63) is 52.3 Å². The van der Waals surface area contributed by atoms with Gasteiger partial charge in [0.15, 0.2) is 0 Å². The summed E-state index contributed by atoms with van der Waals surface area (Å²) >= 11 is 1.54. The SMILES string of the molecule is CCc1nc2nc(CSc3ccccn3)cc(=O)n2[nH]1. The first-order chi connectivity index (χ1) is 9.76. The fourth-order valence-electron chi connectivity index (χ4n) is 1.78. The summed E-state index contributed by atoms with van der Waals surface area (Å²) in [4.78, 5) is 24.9. The molecular formula is C13H13N5OS. The van der Waals surface area contributed by atoms with E-state index < -0.39 is 0 Å². The minimum atomic E-state index is -0.140. The van der Waals surface area contributed by atoms with Crippen LogP contribution in [0.5, 0.6) is 0 Å². The summed E-state index contributed by atoms with van der Waals surface area (Å²) in [7, 11) is 0. The van der Waals surface area contributed by atoms with E-state index in [0.29, 0.717) is 17.2 Å². The van der Waals surface area contributed by atoms with Gasteiger partial charge in [0.1, 0.15) is 5.82 Å². The zero-order valence-electron chi connectivity index (χ0n) is 10.9. The fourth-order valence-corrected chi connectivity index (χ4v) is 2.54. The number of nitrogens with one attached hydrogen (secondary N) is 1. The number of H-pyrrole nitrogens is 1. The number of rotatable bonds is 4. The lowest BCUT2D eigenvalue weighted by Crippen LogP contribution is -2.15. The fraction of sp³-hybridized carbons (Fsp3) is 0.231. The van der Waals surface area contributed by atoms with Crippen molar-refractivity contribution in [2.75, 3.05) is 0 Å². The van der Waals surface area contributed by atoms with Crippen LogP contribution in [0.25, 0.3) is 5.78 Å². The second kappa shape index (κ2) is 5.46. The molecule has 0 saturated carbocycles. The van der Waals surface area contributed by atoms with Crippen LogP contribution >= 0.6 is 11.8 Å². The quantitative estimate of drug-likeness (QED) is 0.739. The number of aromatic amines is 1. The second-order valence-electron chi connectivity index (χ2n) is 4.20. The first kappa shape index (κ1) is 12.9. The summed E-state index contributed by atoms with van der Waals surface area (Å²) in [6.07, 6.45) is 2.48. The second-order valence-corrected chi connectivity index (χ2v) is 5.20. The minimum Gasteiger partial charge on any atom is -0.275 e. The maximum Gasteiger partial charge on any atom is 0.274 e. The molecule has 0 fully saturated rings. The van der Waals surface area contributed by atoms with Crippen molar-refractivity contribution in [2.24, 2.45) is 0 Å². The minimum absolute atomic E-state index is 0.140. The van der Waals surface area contributed by atoms with Gasteiger partial charge in [0, 0.05) is 24.4 Å². The molecule has 0 bridgehead atoms. The van der Waals surface area contributed by atoms with Crippen LogP contribution in [-0.4, -0.2) is 24.6 Å². The van der Waals surface area contributed by atoms with E-state index in [1.54, 1.807) is 18.0 Å². The Bertz CT molecular complexity index is 780. The summed E-state index contributed by atoms with van der Waals surface area (Å²) in [6, 6.07) is 7.26. The van der Waals surface area contributed by atoms with Gasteiger partial charge in [-0.05, 0) is 12.1 Å². The molecule has 3 aromatic heterocycles. The Morgan fingerprint density at radius 1 is 1.35 bits per heavy atom. The Kier molecular flexibility index (Phi) is 3.51. The van der Waals surface area contributed by atoms with Crippen LogP contribution in [0.3, 0.4) is 0 Å². The smallest absolute Gasteiger partial charge is 0.274 e. The van der Waals surface area contributed by atoms with E-state index in [0.717, 1.165) is 17.3 Å². The van der Waals surface area contributed by atoms with E-state index in [4.69, 9.17) is 0 Å². The van der Waals surface area contributed by atoms with Crippen molar-refractivity contribution in [1.82, 2.24) is 24.6 Å². The normalized spacial score (nSPS) is 11.1. The molecule has 3 heterocycles. The Balaban J connectivity index is 1.87. The number of fused-ring (bicyclic) bond motifs is 1. The lowest BCUT2D eigenvalue weighted by Gasteiger charge is -2.00. The van der Waals surface area contributed by atoms with Gasteiger partial charge in [-0.3, -0.25) is 9.89 Å². The van der Waals surface area contributed by atoms with Crippen LogP contribution in [0.4, 0.5) is 0 Å². The highest BCUT2D eigenvalue weighted by Gasteiger charge is 2.07. The first-order valence-corrected chi connectivity index (χ1v) is 7.26. The van der Waals surface area contributed by atoms with Gasteiger partial charge in [-0.1, -0.05) is 13.0 Å². The molecule has 0 spiro atoms. The molecule has 0 unspecified atom stereocenters. The van der Waals surface area contributed by atoms with Crippen LogP contribution in [0.15, 0.2) is 40.3 Å². The van der Waals surface area contributed by atoms with Gasteiger partial charge in [0.25, 0.3) is 11.3 Å².